The fourth-order valence-corrected chi connectivity index (χ4v) is 1.71. The largest absolute Gasteiger partial charge is 0.497 e. The fourth-order valence-electron chi connectivity index (χ4n) is 1.44. The molecule has 0 saturated carbocycles. The van der Waals surface area contributed by atoms with Gasteiger partial charge in [-0.05, 0) is 29.8 Å². The van der Waals surface area contributed by atoms with Crippen LogP contribution < -0.4 is 10.3 Å². The molecule has 0 spiro atoms. The molecule has 0 unspecified atom stereocenters. The van der Waals surface area contributed by atoms with Gasteiger partial charge in [0.15, 0.2) is 0 Å². The van der Waals surface area contributed by atoms with E-state index in [1.54, 1.807) is 25.4 Å². The summed E-state index contributed by atoms with van der Waals surface area (Å²) < 4.78 is 5.06. The summed E-state index contributed by atoms with van der Waals surface area (Å²) in [6, 6.07) is 8.62. The Labute approximate surface area is 97.7 Å². The van der Waals surface area contributed by atoms with Crippen molar-refractivity contribution in [3.63, 3.8) is 0 Å². The van der Waals surface area contributed by atoms with Crippen LogP contribution in [0.4, 0.5) is 0 Å². The number of aromatic amines is 1. The van der Waals surface area contributed by atoms with Crippen molar-refractivity contribution in [2.24, 2.45) is 0 Å². The normalized spacial score (nSPS) is 10.1. The number of halogens is 1. The number of rotatable bonds is 2. The highest BCUT2D eigenvalue weighted by molar-refractivity contribution is 6.33. The summed E-state index contributed by atoms with van der Waals surface area (Å²) in [5, 5.41) is 0.589. The van der Waals surface area contributed by atoms with Crippen LogP contribution in [0.3, 0.4) is 0 Å². The Kier molecular flexibility index (Phi) is 2.97. The smallest absolute Gasteiger partial charge is 0.247 e. The first kappa shape index (κ1) is 10.8. The Morgan fingerprint density at radius 3 is 2.62 bits per heavy atom. The summed E-state index contributed by atoms with van der Waals surface area (Å²) in [4.78, 5) is 13.5. The van der Waals surface area contributed by atoms with Gasteiger partial charge < -0.3 is 9.72 Å². The number of methoxy groups -OCH3 is 1. The average Bonchev–Trinajstić information content (AvgIpc) is 2.30. The van der Waals surface area contributed by atoms with E-state index in [4.69, 9.17) is 16.3 Å². The molecule has 2 aromatic rings. The zero-order valence-electron chi connectivity index (χ0n) is 8.66. The highest BCUT2D eigenvalue weighted by Gasteiger charge is 2.04. The highest BCUT2D eigenvalue weighted by Crippen LogP contribution is 2.30. The maximum atomic E-state index is 10.9. The lowest BCUT2D eigenvalue weighted by Gasteiger charge is -2.06. The van der Waals surface area contributed by atoms with Gasteiger partial charge in [0.2, 0.25) is 5.56 Å². The topological polar surface area (TPSA) is 42.1 Å². The lowest BCUT2D eigenvalue weighted by molar-refractivity contribution is 0.415. The molecule has 0 aliphatic rings. The van der Waals surface area contributed by atoms with Crippen molar-refractivity contribution in [1.29, 1.82) is 0 Å². The molecule has 0 saturated heterocycles. The van der Waals surface area contributed by atoms with Crippen LogP contribution in [0.5, 0.6) is 5.75 Å². The first-order valence-corrected chi connectivity index (χ1v) is 5.11. The van der Waals surface area contributed by atoms with Gasteiger partial charge in [0, 0.05) is 17.8 Å². The van der Waals surface area contributed by atoms with E-state index < -0.39 is 0 Å². The second-order valence-corrected chi connectivity index (χ2v) is 3.69. The van der Waals surface area contributed by atoms with Crippen LogP contribution in [-0.4, -0.2) is 12.1 Å². The van der Waals surface area contributed by atoms with E-state index in [2.05, 4.69) is 4.98 Å². The molecule has 1 aromatic carbocycles. The van der Waals surface area contributed by atoms with Crippen molar-refractivity contribution >= 4 is 11.6 Å². The Hall–Kier alpha value is -1.74. The number of hydrogen-bond donors (Lipinski definition) is 1. The van der Waals surface area contributed by atoms with Crippen LogP contribution in [0.25, 0.3) is 11.1 Å². The Morgan fingerprint density at radius 2 is 2.06 bits per heavy atom. The minimum absolute atomic E-state index is 0.131. The Morgan fingerprint density at radius 1 is 1.25 bits per heavy atom. The van der Waals surface area contributed by atoms with Crippen molar-refractivity contribution in [1.82, 2.24) is 4.98 Å². The number of pyridine rings is 1. The predicted molar refractivity (Wildman–Crippen MR) is 64.1 cm³/mol. The maximum Gasteiger partial charge on any atom is 0.247 e. The minimum Gasteiger partial charge on any atom is -0.497 e. The van der Waals surface area contributed by atoms with Crippen molar-refractivity contribution in [3.05, 3.63) is 51.9 Å². The zero-order chi connectivity index (χ0) is 11.5. The lowest BCUT2D eigenvalue weighted by atomic mass is 10.1. The van der Waals surface area contributed by atoms with Gasteiger partial charge in [0.25, 0.3) is 0 Å². The van der Waals surface area contributed by atoms with Gasteiger partial charge in [-0.15, -0.1) is 0 Å². The van der Waals surface area contributed by atoms with Crippen molar-refractivity contribution in [2.75, 3.05) is 7.11 Å². The van der Waals surface area contributed by atoms with Crippen LogP contribution in [-0.2, 0) is 0 Å². The summed E-state index contributed by atoms with van der Waals surface area (Å²) in [5.74, 6) is 0.707. The molecule has 0 aliphatic carbocycles. The van der Waals surface area contributed by atoms with Crippen molar-refractivity contribution < 1.29 is 4.74 Å². The molecule has 16 heavy (non-hydrogen) atoms. The quantitative estimate of drug-likeness (QED) is 0.870. The van der Waals surface area contributed by atoms with Crippen molar-refractivity contribution in [2.45, 2.75) is 0 Å². The first-order chi connectivity index (χ1) is 7.70. The Balaban J connectivity index is 2.48. The van der Waals surface area contributed by atoms with Crippen LogP contribution in [0.2, 0.25) is 5.02 Å². The van der Waals surface area contributed by atoms with Crippen LogP contribution in [0.15, 0.2) is 41.3 Å². The second-order valence-electron chi connectivity index (χ2n) is 3.29. The number of nitrogens with one attached hydrogen (secondary N) is 1. The first-order valence-electron chi connectivity index (χ1n) is 4.73. The molecular weight excluding hydrogens is 226 g/mol. The molecule has 0 amide bonds. The average molecular weight is 236 g/mol. The molecule has 0 fully saturated rings. The molecule has 2 rings (SSSR count). The molecule has 4 heteroatoms. The number of aromatic nitrogens is 1. The van der Waals surface area contributed by atoms with Crippen molar-refractivity contribution in [3.8, 4) is 16.9 Å². The molecule has 0 radical (unpaired) electrons. The molecule has 82 valence electrons. The Bertz CT molecular complexity index is 543. The van der Waals surface area contributed by atoms with Gasteiger partial charge in [-0.3, -0.25) is 4.79 Å². The SMILES string of the molecule is COc1ccc(-c2ccc(=O)[nH]c2)c(Cl)c1. The molecule has 1 N–H and O–H groups in total. The van der Waals surface area contributed by atoms with E-state index in [9.17, 15) is 4.79 Å². The monoisotopic (exact) mass is 235 g/mol. The van der Waals surface area contributed by atoms with Gasteiger partial charge in [-0.1, -0.05) is 11.6 Å². The molecule has 1 heterocycles. The molecular formula is C12H10ClNO2. The van der Waals surface area contributed by atoms with E-state index in [1.165, 1.54) is 6.07 Å². The second kappa shape index (κ2) is 4.41. The molecule has 0 aliphatic heterocycles. The third-order valence-electron chi connectivity index (χ3n) is 2.27. The van der Waals surface area contributed by atoms with E-state index in [0.717, 1.165) is 11.1 Å². The summed E-state index contributed by atoms with van der Waals surface area (Å²) >= 11 is 6.11. The van der Waals surface area contributed by atoms with E-state index in [0.29, 0.717) is 10.8 Å². The van der Waals surface area contributed by atoms with Gasteiger partial charge in [0.05, 0.1) is 12.1 Å². The number of ether oxygens (including phenoxy) is 1. The predicted octanol–water partition coefficient (Wildman–Crippen LogP) is 2.70. The standard InChI is InChI=1S/C12H10ClNO2/c1-16-9-3-4-10(11(13)6-9)8-2-5-12(15)14-7-8/h2-7H,1H3,(H,14,15). The van der Waals surface area contributed by atoms with Crippen LogP contribution >= 0.6 is 11.6 Å². The number of H-pyrrole nitrogens is 1. The van der Waals surface area contributed by atoms with E-state index in [-0.39, 0.29) is 5.56 Å². The molecule has 0 bridgehead atoms. The van der Waals surface area contributed by atoms with E-state index >= 15 is 0 Å². The third-order valence-corrected chi connectivity index (χ3v) is 2.58. The molecule has 3 nitrogen and oxygen atoms in total. The van der Waals surface area contributed by atoms with Crippen LogP contribution in [0.1, 0.15) is 0 Å². The minimum atomic E-state index is -0.131. The summed E-state index contributed by atoms with van der Waals surface area (Å²) in [7, 11) is 1.59. The lowest BCUT2D eigenvalue weighted by Crippen LogP contribution is -2.01. The fraction of sp³-hybridized carbons (Fsp3) is 0.0833. The zero-order valence-corrected chi connectivity index (χ0v) is 9.41. The summed E-state index contributed by atoms with van der Waals surface area (Å²) in [5.41, 5.74) is 1.60. The van der Waals surface area contributed by atoms with Gasteiger partial charge in [-0.2, -0.15) is 0 Å². The van der Waals surface area contributed by atoms with Crippen LogP contribution in [0, 0.1) is 0 Å². The highest BCUT2D eigenvalue weighted by atomic mass is 35.5. The molecule has 0 atom stereocenters. The number of benzene rings is 1. The molecule has 1 aromatic heterocycles. The maximum absolute atomic E-state index is 10.9. The number of hydrogen-bond acceptors (Lipinski definition) is 2. The van der Waals surface area contributed by atoms with Gasteiger partial charge >= 0.3 is 0 Å². The van der Waals surface area contributed by atoms with E-state index in [1.807, 2.05) is 12.1 Å². The summed E-state index contributed by atoms with van der Waals surface area (Å²) in [6.45, 7) is 0. The summed E-state index contributed by atoms with van der Waals surface area (Å²) in [6.07, 6.45) is 1.63. The van der Waals surface area contributed by atoms with Gasteiger partial charge in [0.1, 0.15) is 5.75 Å². The van der Waals surface area contributed by atoms with Gasteiger partial charge in [-0.25, -0.2) is 0 Å². The third kappa shape index (κ3) is 2.09.